The van der Waals surface area contributed by atoms with E-state index in [0.29, 0.717) is 0 Å². The van der Waals surface area contributed by atoms with Gasteiger partial charge < -0.3 is 15.0 Å². The number of nitrogens with zero attached hydrogens (tertiary/aromatic N) is 2. The van der Waals surface area contributed by atoms with Crippen molar-refractivity contribution in [2.45, 2.75) is 25.7 Å². The number of rotatable bonds is 7. The van der Waals surface area contributed by atoms with Crippen LogP contribution in [0.4, 0.5) is 0 Å². The molecule has 5 heteroatoms. The molecule has 1 aromatic rings. The Morgan fingerprint density at radius 3 is 2.72 bits per heavy atom. The number of aliphatic imine (C=N–C) groups is 1. The first kappa shape index (κ1) is 20.2. The van der Waals surface area contributed by atoms with Gasteiger partial charge in [-0.05, 0) is 42.7 Å². The monoisotopic (exact) mass is 455 g/mol. The standard InChI is InChI=1S/C20H29N3O.HI/c1-21-20(22-12-5-15-24-16-17-8-9-17)23-13-10-19(11-14-23)18-6-3-2-4-7-18;/h2-4,6-7,10,17H,5,8-9,11-16H2,1H3,(H,21,22);1H. The van der Waals surface area contributed by atoms with Gasteiger partial charge in [-0.2, -0.15) is 0 Å². The maximum atomic E-state index is 5.68. The summed E-state index contributed by atoms with van der Waals surface area (Å²) in [5, 5.41) is 3.46. The molecule has 0 spiro atoms. The van der Waals surface area contributed by atoms with Crippen molar-refractivity contribution in [2.24, 2.45) is 10.9 Å². The molecule has 4 nitrogen and oxygen atoms in total. The second-order valence-corrected chi connectivity index (χ2v) is 6.64. The van der Waals surface area contributed by atoms with Crippen molar-refractivity contribution < 1.29 is 4.74 Å². The topological polar surface area (TPSA) is 36.9 Å². The molecule has 1 aliphatic heterocycles. The Balaban J connectivity index is 0.00000225. The molecular formula is C20H30IN3O. The van der Waals surface area contributed by atoms with E-state index in [1.54, 1.807) is 0 Å². The third kappa shape index (κ3) is 6.62. The molecule has 2 aliphatic rings. The normalized spacial score (nSPS) is 17.7. The lowest BCUT2D eigenvalue weighted by atomic mass is 10.00. The molecule has 1 saturated carbocycles. The van der Waals surface area contributed by atoms with Gasteiger partial charge in [-0.25, -0.2) is 0 Å². The smallest absolute Gasteiger partial charge is 0.193 e. The van der Waals surface area contributed by atoms with Crippen molar-refractivity contribution in [3.05, 3.63) is 42.0 Å². The highest BCUT2D eigenvalue weighted by Gasteiger charge is 2.21. The Bertz CT molecular complexity index is 570. The Morgan fingerprint density at radius 1 is 1.28 bits per heavy atom. The summed E-state index contributed by atoms with van der Waals surface area (Å²) in [5.41, 5.74) is 2.78. The lowest BCUT2D eigenvalue weighted by Crippen LogP contribution is -2.43. The summed E-state index contributed by atoms with van der Waals surface area (Å²) in [6.45, 7) is 4.65. The molecular weight excluding hydrogens is 425 g/mol. The molecule has 1 N–H and O–H groups in total. The predicted octanol–water partition coefficient (Wildman–Crippen LogP) is 3.79. The van der Waals surface area contributed by atoms with E-state index in [4.69, 9.17) is 4.74 Å². The van der Waals surface area contributed by atoms with Crippen LogP contribution >= 0.6 is 24.0 Å². The second-order valence-electron chi connectivity index (χ2n) is 6.64. The first-order chi connectivity index (χ1) is 11.9. The van der Waals surface area contributed by atoms with Crippen molar-refractivity contribution in [1.82, 2.24) is 10.2 Å². The number of ether oxygens (including phenoxy) is 1. The molecule has 25 heavy (non-hydrogen) atoms. The summed E-state index contributed by atoms with van der Waals surface area (Å²) in [6, 6.07) is 10.7. The molecule has 1 heterocycles. The van der Waals surface area contributed by atoms with E-state index in [9.17, 15) is 0 Å². The van der Waals surface area contributed by atoms with Crippen LogP contribution in [0, 0.1) is 5.92 Å². The highest BCUT2D eigenvalue weighted by atomic mass is 127. The molecule has 1 fully saturated rings. The minimum atomic E-state index is 0. The van der Waals surface area contributed by atoms with E-state index in [1.165, 1.54) is 24.0 Å². The Labute approximate surface area is 168 Å². The van der Waals surface area contributed by atoms with E-state index < -0.39 is 0 Å². The summed E-state index contributed by atoms with van der Waals surface area (Å²) < 4.78 is 5.68. The van der Waals surface area contributed by atoms with Crippen molar-refractivity contribution in [1.29, 1.82) is 0 Å². The highest BCUT2D eigenvalue weighted by molar-refractivity contribution is 14.0. The zero-order valence-corrected chi connectivity index (χ0v) is 17.4. The zero-order chi connectivity index (χ0) is 16.6. The van der Waals surface area contributed by atoms with Gasteiger partial charge in [0.25, 0.3) is 0 Å². The molecule has 138 valence electrons. The molecule has 0 radical (unpaired) electrons. The fourth-order valence-electron chi connectivity index (χ4n) is 3.02. The maximum Gasteiger partial charge on any atom is 0.193 e. The molecule has 1 aromatic carbocycles. The van der Waals surface area contributed by atoms with E-state index in [1.807, 2.05) is 7.05 Å². The molecule has 0 aromatic heterocycles. The molecule has 0 saturated heterocycles. The third-order valence-corrected chi connectivity index (χ3v) is 4.66. The number of hydrogen-bond donors (Lipinski definition) is 1. The van der Waals surface area contributed by atoms with Crippen LogP contribution < -0.4 is 5.32 Å². The van der Waals surface area contributed by atoms with Gasteiger partial charge >= 0.3 is 0 Å². The molecule has 0 unspecified atom stereocenters. The van der Waals surface area contributed by atoms with E-state index in [-0.39, 0.29) is 24.0 Å². The molecule has 0 amide bonds. The minimum absolute atomic E-state index is 0. The summed E-state index contributed by atoms with van der Waals surface area (Å²) in [6.07, 6.45) is 7.14. The van der Waals surface area contributed by atoms with Crippen LogP contribution in [0.3, 0.4) is 0 Å². The van der Waals surface area contributed by atoms with Crippen LogP contribution in [-0.4, -0.2) is 50.8 Å². The highest BCUT2D eigenvalue weighted by Crippen LogP contribution is 2.28. The molecule has 1 aliphatic carbocycles. The molecule has 0 bridgehead atoms. The van der Waals surface area contributed by atoms with Crippen molar-refractivity contribution in [3.8, 4) is 0 Å². The average molecular weight is 455 g/mol. The van der Waals surface area contributed by atoms with Gasteiger partial charge in [-0.15, -0.1) is 24.0 Å². The van der Waals surface area contributed by atoms with Gasteiger partial charge in [0.1, 0.15) is 0 Å². The second kappa shape index (κ2) is 10.8. The third-order valence-electron chi connectivity index (χ3n) is 4.66. The minimum Gasteiger partial charge on any atom is -0.381 e. The predicted molar refractivity (Wildman–Crippen MR) is 116 cm³/mol. The number of halogens is 1. The number of nitrogens with one attached hydrogen (secondary N) is 1. The lowest BCUT2D eigenvalue weighted by molar-refractivity contribution is 0.122. The van der Waals surface area contributed by atoms with Crippen LogP contribution in [0.25, 0.3) is 5.57 Å². The number of guanidine groups is 1. The van der Waals surface area contributed by atoms with Crippen LogP contribution in [0.1, 0.15) is 31.2 Å². The first-order valence-electron chi connectivity index (χ1n) is 9.14. The van der Waals surface area contributed by atoms with Crippen LogP contribution in [0.5, 0.6) is 0 Å². The maximum absolute atomic E-state index is 5.68. The summed E-state index contributed by atoms with van der Waals surface area (Å²) in [7, 11) is 1.86. The van der Waals surface area contributed by atoms with Gasteiger partial charge in [0.15, 0.2) is 5.96 Å². The van der Waals surface area contributed by atoms with Gasteiger partial charge in [0.05, 0.1) is 0 Å². The Kier molecular flexibility index (Phi) is 8.75. The van der Waals surface area contributed by atoms with Crippen molar-refractivity contribution in [2.75, 3.05) is 39.9 Å². The quantitative estimate of drug-likeness (QED) is 0.294. The van der Waals surface area contributed by atoms with E-state index in [2.05, 4.69) is 51.6 Å². The summed E-state index contributed by atoms with van der Waals surface area (Å²) in [4.78, 5) is 6.74. The Hall–Kier alpha value is -1.08. The van der Waals surface area contributed by atoms with E-state index >= 15 is 0 Å². The lowest BCUT2D eigenvalue weighted by Gasteiger charge is -2.29. The van der Waals surface area contributed by atoms with Gasteiger partial charge in [0.2, 0.25) is 0 Å². The van der Waals surface area contributed by atoms with Gasteiger partial charge in [-0.1, -0.05) is 36.4 Å². The number of hydrogen-bond acceptors (Lipinski definition) is 2. The average Bonchev–Trinajstić information content (AvgIpc) is 3.47. The van der Waals surface area contributed by atoms with E-state index in [0.717, 1.165) is 57.6 Å². The summed E-state index contributed by atoms with van der Waals surface area (Å²) >= 11 is 0. The number of benzene rings is 1. The van der Waals surface area contributed by atoms with Crippen molar-refractivity contribution >= 4 is 35.5 Å². The van der Waals surface area contributed by atoms with Gasteiger partial charge in [-0.3, -0.25) is 4.99 Å². The Morgan fingerprint density at radius 2 is 2.08 bits per heavy atom. The SMILES string of the molecule is CN=C(NCCCOCC1CC1)N1CC=C(c2ccccc2)CC1.I. The van der Waals surface area contributed by atoms with Gasteiger partial charge in [0, 0.05) is 39.9 Å². The first-order valence-corrected chi connectivity index (χ1v) is 9.14. The van der Waals surface area contributed by atoms with Crippen LogP contribution in [-0.2, 0) is 4.74 Å². The summed E-state index contributed by atoms with van der Waals surface area (Å²) in [5.74, 6) is 1.85. The fourth-order valence-corrected chi connectivity index (χ4v) is 3.02. The van der Waals surface area contributed by atoms with Crippen molar-refractivity contribution in [3.63, 3.8) is 0 Å². The molecule has 0 atom stereocenters. The van der Waals surface area contributed by atoms with Crippen LogP contribution in [0.15, 0.2) is 41.4 Å². The largest absolute Gasteiger partial charge is 0.381 e. The van der Waals surface area contributed by atoms with Crippen LogP contribution in [0.2, 0.25) is 0 Å². The zero-order valence-electron chi connectivity index (χ0n) is 15.1. The fraction of sp³-hybridized carbons (Fsp3) is 0.550. The molecule has 3 rings (SSSR count).